The molecule has 1 nitrogen and oxygen atoms in total. The Morgan fingerprint density at radius 1 is 0.800 bits per heavy atom. The van der Waals surface area contributed by atoms with Crippen LogP contribution in [0.2, 0.25) is 0 Å². The van der Waals surface area contributed by atoms with Crippen LogP contribution in [0.4, 0.5) is 0 Å². The van der Waals surface area contributed by atoms with Crippen LogP contribution in [0.1, 0.15) is 90.9 Å². The molecular weight excluding hydrogens is 242 g/mol. The molecule has 2 rings (SSSR count). The Bertz CT molecular complexity index is 240. The molecule has 0 aliphatic heterocycles. The van der Waals surface area contributed by atoms with E-state index in [4.69, 9.17) is 0 Å². The van der Waals surface area contributed by atoms with Crippen LogP contribution >= 0.6 is 0 Å². The molecule has 20 heavy (non-hydrogen) atoms. The molecule has 0 aromatic rings. The summed E-state index contributed by atoms with van der Waals surface area (Å²) in [5.41, 5.74) is 0. The lowest BCUT2D eigenvalue weighted by atomic mass is 9.71. The Balaban J connectivity index is 1.96. The summed E-state index contributed by atoms with van der Waals surface area (Å²) in [6.45, 7) is 5.86. The maximum absolute atomic E-state index is 3.91. The van der Waals surface area contributed by atoms with Crippen LogP contribution in [0, 0.1) is 17.8 Å². The van der Waals surface area contributed by atoms with Crippen molar-refractivity contribution >= 4 is 0 Å². The Morgan fingerprint density at radius 2 is 1.45 bits per heavy atom. The Hall–Kier alpha value is -0.0400. The molecule has 2 aliphatic rings. The van der Waals surface area contributed by atoms with E-state index in [0.717, 1.165) is 30.3 Å². The fourth-order valence-electron chi connectivity index (χ4n) is 4.83. The highest BCUT2D eigenvalue weighted by Crippen LogP contribution is 2.37. The summed E-state index contributed by atoms with van der Waals surface area (Å²) in [5.74, 6) is 2.96. The molecule has 3 atom stereocenters. The minimum absolute atomic E-state index is 0.826. The fraction of sp³-hybridized carbons (Fsp3) is 1.00. The van der Waals surface area contributed by atoms with Gasteiger partial charge in [0, 0.05) is 6.04 Å². The van der Waals surface area contributed by atoms with Crippen molar-refractivity contribution in [2.24, 2.45) is 17.8 Å². The van der Waals surface area contributed by atoms with E-state index in [1.807, 2.05) is 0 Å². The van der Waals surface area contributed by atoms with E-state index in [1.54, 1.807) is 0 Å². The minimum atomic E-state index is 0.826. The standard InChI is InChI=1S/C19H37N/c1-3-16-11-10-14-18(15-16)19(20-4-2)17-12-8-6-5-7-9-13-17/h16-20H,3-15H2,1-2H3. The molecule has 0 spiro atoms. The first-order valence-corrected chi connectivity index (χ1v) is 9.58. The molecular formula is C19H37N. The lowest BCUT2D eigenvalue weighted by Gasteiger charge is -2.39. The van der Waals surface area contributed by atoms with Gasteiger partial charge in [0.1, 0.15) is 0 Å². The molecule has 3 unspecified atom stereocenters. The molecule has 0 amide bonds. The van der Waals surface area contributed by atoms with Crippen molar-refractivity contribution in [2.75, 3.05) is 6.54 Å². The van der Waals surface area contributed by atoms with Gasteiger partial charge in [-0.3, -0.25) is 0 Å². The first-order chi connectivity index (χ1) is 9.85. The van der Waals surface area contributed by atoms with Crippen LogP contribution in [0.25, 0.3) is 0 Å². The largest absolute Gasteiger partial charge is 0.314 e. The van der Waals surface area contributed by atoms with Gasteiger partial charge in [0.15, 0.2) is 0 Å². The predicted octanol–water partition coefficient (Wildman–Crippen LogP) is 5.54. The van der Waals surface area contributed by atoms with Crippen molar-refractivity contribution < 1.29 is 0 Å². The topological polar surface area (TPSA) is 12.0 Å². The molecule has 118 valence electrons. The lowest BCUT2D eigenvalue weighted by molar-refractivity contribution is 0.152. The zero-order valence-electron chi connectivity index (χ0n) is 14.0. The molecule has 0 heterocycles. The van der Waals surface area contributed by atoms with Crippen molar-refractivity contribution in [3.05, 3.63) is 0 Å². The van der Waals surface area contributed by atoms with E-state index in [0.29, 0.717) is 0 Å². The van der Waals surface area contributed by atoms with Crippen molar-refractivity contribution in [3.8, 4) is 0 Å². The normalized spacial score (nSPS) is 31.5. The highest BCUT2D eigenvalue weighted by molar-refractivity contribution is 4.87. The summed E-state index contributed by atoms with van der Waals surface area (Å²) in [7, 11) is 0. The third-order valence-electron chi connectivity index (χ3n) is 6.01. The van der Waals surface area contributed by atoms with E-state index in [9.17, 15) is 0 Å². The summed E-state index contributed by atoms with van der Waals surface area (Å²) < 4.78 is 0. The smallest absolute Gasteiger partial charge is 0.0124 e. The quantitative estimate of drug-likeness (QED) is 0.696. The highest BCUT2D eigenvalue weighted by atomic mass is 14.9. The average molecular weight is 280 g/mol. The van der Waals surface area contributed by atoms with E-state index in [1.165, 1.54) is 77.0 Å². The van der Waals surface area contributed by atoms with E-state index < -0.39 is 0 Å². The monoisotopic (exact) mass is 279 g/mol. The summed E-state index contributed by atoms with van der Waals surface area (Å²) in [6, 6.07) is 0.826. The number of hydrogen-bond donors (Lipinski definition) is 1. The zero-order valence-corrected chi connectivity index (χ0v) is 14.0. The molecule has 2 aliphatic carbocycles. The van der Waals surface area contributed by atoms with Gasteiger partial charge in [-0.2, -0.15) is 0 Å². The Labute approximate surface area is 127 Å². The van der Waals surface area contributed by atoms with Crippen LogP contribution in [0.5, 0.6) is 0 Å². The fourth-order valence-corrected chi connectivity index (χ4v) is 4.83. The van der Waals surface area contributed by atoms with Gasteiger partial charge in [-0.15, -0.1) is 0 Å². The first kappa shape index (κ1) is 16.3. The van der Waals surface area contributed by atoms with Crippen molar-refractivity contribution in [3.63, 3.8) is 0 Å². The van der Waals surface area contributed by atoms with E-state index in [2.05, 4.69) is 19.2 Å². The van der Waals surface area contributed by atoms with Crippen LogP contribution in [-0.2, 0) is 0 Å². The van der Waals surface area contributed by atoms with Gasteiger partial charge in [-0.1, -0.05) is 65.2 Å². The SMILES string of the molecule is CCNC(C1CCCCCCC1)C1CCCC(CC)C1. The maximum atomic E-state index is 3.91. The van der Waals surface area contributed by atoms with Crippen LogP contribution in [0.15, 0.2) is 0 Å². The van der Waals surface area contributed by atoms with Crippen LogP contribution in [0.3, 0.4) is 0 Å². The number of nitrogens with one attached hydrogen (secondary N) is 1. The van der Waals surface area contributed by atoms with Gasteiger partial charge in [-0.05, 0) is 50.0 Å². The average Bonchev–Trinajstić information content (AvgIpc) is 2.45. The minimum Gasteiger partial charge on any atom is -0.314 e. The Morgan fingerprint density at radius 3 is 2.10 bits per heavy atom. The molecule has 0 aromatic heterocycles. The van der Waals surface area contributed by atoms with Gasteiger partial charge in [0.05, 0.1) is 0 Å². The third-order valence-corrected chi connectivity index (χ3v) is 6.01. The van der Waals surface area contributed by atoms with E-state index >= 15 is 0 Å². The third kappa shape index (κ3) is 4.76. The molecule has 0 aromatic carbocycles. The van der Waals surface area contributed by atoms with Crippen molar-refractivity contribution in [2.45, 2.75) is 96.9 Å². The second-order valence-corrected chi connectivity index (χ2v) is 7.39. The van der Waals surface area contributed by atoms with E-state index in [-0.39, 0.29) is 0 Å². The summed E-state index contributed by atoms with van der Waals surface area (Å²) in [6.07, 6.45) is 17.8. The van der Waals surface area contributed by atoms with Crippen LogP contribution < -0.4 is 5.32 Å². The van der Waals surface area contributed by atoms with Gasteiger partial charge >= 0.3 is 0 Å². The second kappa shape index (κ2) is 9.07. The van der Waals surface area contributed by atoms with Gasteiger partial charge in [-0.25, -0.2) is 0 Å². The summed E-state index contributed by atoms with van der Waals surface area (Å²) in [5, 5.41) is 3.91. The number of rotatable bonds is 5. The number of hydrogen-bond acceptors (Lipinski definition) is 1. The lowest BCUT2D eigenvalue weighted by Crippen LogP contribution is -2.44. The zero-order chi connectivity index (χ0) is 14.2. The highest BCUT2D eigenvalue weighted by Gasteiger charge is 2.32. The predicted molar refractivity (Wildman–Crippen MR) is 89.0 cm³/mol. The van der Waals surface area contributed by atoms with Gasteiger partial charge in [0.2, 0.25) is 0 Å². The van der Waals surface area contributed by atoms with Gasteiger partial charge in [0.25, 0.3) is 0 Å². The molecule has 2 saturated carbocycles. The molecule has 1 heteroatoms. The maximum Gasteiger partial charge on any atom is 0.0124 e. The molecule has 0 bridgehead atoms. The van der Waals surface area contributed by atoms with Gasteiger partial charge < -0.3 is 5.32 Å². The molecule has 0 radical (unpaired) electrons. The van der Waals surface area contributed by atoms with Crippen LogP contribution in [-0.4, -0.2) is 12.6 Å². The van der Waals surface area contributed by atoms with Crippen molar-refractivity contribution in [1.82, 2.24) is 5.32 Å². The Kier molecular flexibility index (Phi) is 7.41. The van der Waals surface area contributed by atoms with Crippen molar-refractivity contribution in [1.29, 1.82) is 0 Å². The second-order valence-electron chi connectivity index (χ2n) is 7.39. The molecule has 1 N–H and O–H groups in total. The molecule has 0 saturated heterocycles. The summed E-state index contributed by atoms with van der Waals surface area (Å²) in [4.78, 5) is 0. The summed E-state index contributed by atoms with van der Waals surface area (Å²) >= 11 is 0. The first-order valence-electron chi connectivity index (χ1n) is 9.58. The molecule has 2 fully saturated rings.